The summed E-state index contributed by atoms with van der Waals surface area (Å²) in [6.07, 6.45) is 4.63. The second kappa shape index (κ2) is 4.61. The van der Waals surface area contributed by atoms with Crippen LogP contribution in [0.2, 0.25) is 0 Å². The molecule has 110 valence electrons. The third kappa shape index (κ3) is 1.91. The smallest absolute Gasteiger partial charge is 0.125 e. The van der Waals surface area contributed by atoms with E-state index in [1.54, 1.807) is 18.0 Å². The van der Waals surface area contributed by atoms with Crippen LogP contribution in [0.5, 0.6) is 0 Å². The van der Waals surface area contributed by atoms with Crippen LogP contribution < -0.4 is 4.72 Å². The highest BCUT2D eigenvalue weighted by molar-refractivity contribution is 7.97. The molecule has 1 aliphatic heterocycles. The van der Waals surface area contributed by atoms with Crippen LogP contribution in [-0.2, 0) is 0 Å². The van der Waals surface area contributed by atoms with Crippen LogP contribution >= 0.6 is 11.9 Å². The first-order chi connectivity index (χ1) is 10.8. The van der Waals surface area contributed by atoms with Crippen molar-refractivity contribution in [2.75, 3.05) is 0 Å². The van der Waals surface area contributed by atoms with E-state index in [2.05, 4.69) is 27.9 Å². The minimum Gasteiger partial charge on any atom is -0.360 e. The molecule has 1 unspecified atom stereocenters. The van der Waals surface area contributed by atoms with E-state index in [0.29, 0.717) is 6.04 Å². The Balaban J connectivity index is 1.64. The summed E-state index contributed by atoms with van der Waals surface area (Å²) in [5, 5.41) is 1.07. The number of hydrogen-bond acceptors (Lipinski definition) is 2. The first-order valence-electron chi connectivity index (χ1n) is 7.63. The summed E-state index contributed by atoms with van der Waals surface area (Å²) in [6, 6.07) is 12.1. The van der Waals surface area contributed by atoms with Crippen molar-refractivity contribution in [2.45, 2.75) is 23.8 Å². The lowest BCUT2D eigenvalue weighted by Gasteiger charge is -2.10. The zero-order chi connectivity index (χ0) is 14.7. The highest BCUT2D eigenvalue weighted by Gasteiger charge is 2.37. The van der Waals surface area contributed by atoms with E-state index in [-0.39, 0.29) is 5.82 Å². The minimum absolute atomic E-state index is 0.204. The zero-order valence-corrected chi connectivity index (χ0v) is 12.7. The normalized spacial score (nSPS) is 20.5. The predicted molar refractivity (Wildman–Crippen MR) is 88.2 cm³/mol. The van der Waals surface area contributed by atoms with Crippen LogP contribution in [0.3, 0.4) is 0 Å². The molecule has 5 rings (SSSR count). The molecule has 1 aliphatic carbocycles. The quantitative estimate of drug-likeness (QED) is 0.649. The Morgan fingerprint density at radius 2 is 2.00 bits per heavy atom. The molecule has 1 fully saturated rings. The van der Waals surface area contributed by atoms with E-state index in [0.717, 1.165) is 22.4 Å². The lowest BCUT2D eigenvalue weighted by Crippen LogP contribution is -2.09. The van der Waals surface area contributed by atoms with Crippen LogP contribution in [0.25, 0.3) is 22.0 Å². The number of nitrogens with one attached hydrogen (secondary N) is 2. The SMILES string of the molecule is Fc1ccc2c(-c3ccc4c(c3)C(C3CC3)NS4)c[nH]c2c1. The average molecular weight is 310 g/mol. The van der Waals surface area contributed by atoms with Gasteiger partial charge in [-0.2, -0.15) is 0 Å². The van der Waals surface area contributed by atoms with Crippen LogP contribution in [0.4, 0.5) is 4.39 Å². The second-order valence-electron chi connectivity index (χ2n) is 6.18. The summed E-state index contributed by atoms with van der Waals surface area (Å²) < 4.78 is 16.9. The van der Waals surface area contributed by atoms with Gasteiger partial charge in [-0.3, -0.25) is 4.72 Å². The fourth-order valence-electron chi connectivity index (χ4n) is 3.36. The lowest BCUT2D eigenvalue weighted by atomic mass is 9.97. The van der Waals surface area contributed by atoms with E-state index < -0.39 is 0 Å². The minimum atomic E-state index is -0.204. The standard InChI is InChI=1S/C18H15FN2S/c19-12-4-5-13-15(9-20-16(13)8-12)11-3-6-17-14(7-11)18(21-22-17)10-1-2-10/h3-10,18,20-21H,1-2H2. The first kappa shape index (κ1) is 12.7. The van der Waals surface area contributed by atoms with Crippen LogP contribution in [0.15, 0.2) is 47.5 Å². The summed E-state index contributed by atoms with van der Waals surface area (Å²) in [4.78, 5) is 4.52. The van der Waals surface area contributed by atoms with E-state index in [4.69, 9.17) is 0 Å². The Kier molecular flexibility index (Phi) is 2.67. The molecule has 2 aliphatic rings. The van der Waals surface area contributed by atoms with Crippen LogP contribution in [-0.4, -0.2) is 4.98 Å². The van der Waals surface area contributed by atoms with Crippen molar-refractivity contribution in [1.29, 1.82) is 0 Å². The van der Waals surface area contributed by atoms with Gasteiger partial charge in [-0.1, -0.05) is 6.07 Å². The van der Waals surface area contributed by atoms with Crippen LogP contribution in [0, 0.1) is 11.7 Å². The van der Waals surface area contributed by atoms with Gasteiger partial charge >= 0.3 is 0 Å². The molecule has 1 saturated carbocycles. The fourth-order valence-corrected chi connectivity index (χ4v) is 4.37. The topological polar surface area (TPSA) is 27.8 Å². The number of aromatic amines is 1. The van der Waals surface area contributed by atoms with Gasteiger partial charge in [0.25, 0.3) is 0 Å². The molecule has 4 heteroatoms. The number of hydrogen-bond donors (Lipinski definition) is 2. The maximum absolute atomic E-state index is 13.3. The molecule has 2 heterocycles. The van der Waals surface area contributed by atoms with Crippen molar-refractivity contribution in [3.05, 3.63) is 54.0 Å². The van der Waals surface area contributed by atoms with Crippen molar-refractivity contribution in [2.24, 2.45) is 5.92 Å². The number of benzene rings is 2. The first-order valence-corrected chi connectivity index (χ1v) is 8.44. The van der Waals surface area contributed by atoms with Gasteiger partial charge in [0.2, 0.25) is 0 Å². The summed E-state index contributed by atoms with van der Waals surface area (Å²) in [7, 11) is 0. The summed E-state index contributed by atoms with van der Waals surface area (Å²) in [5.74, 6) is 0.588. The van der Waals surface area contributed by atoms with E-state index in [1.165, 1.54) is 34.9 Å². The predicted octanol–water partition coefficient (Wildman–Crippen LogP) is 5.04. The molecule has 0 bridgehead atoms. The molecular formula is C18H15FN2S. The van der Waals surface area contributed by atoms with Gasteiger partial charge in [-0.15, -0.1) is 0 Å². The number of H-pyrrole nitrogens is 1. The Labute approximate surface area is 132 Å². The maximum Gasteiger partial charge on any atom is 0.125 e. The van der Waals surface area contributed by atoms with Gasteiger partial charge in [0.05, 0.1) is 0 Å². The molecule has 0 spiro atoms. The molecule has 0 saturated heterocycles. The van der Waals surface area contributed by atoms with Gasteiger partial charge in [0.1, 0.15) is 5.82 Å². The van der Waals surface area contributed by atoms with Gasteiger partial charge in [0.15, 0.2) is 0 Å². The third-order valence-electron chi connectivity index (χ3n) is 4.69. The highest BCUT2D eigenvalue weighted by atomic mass is 32.2. The molecule has 0 radical (unpaired) electrons. The summed E-state index contributed by atoms with van der Waals surface area (Å²) in [5.41, 5.74) is 4.61. The van der Waals surface area contributed by atoms with Crippen molar-refractivity contribution >= 4 is 22.9 Å². The molecule has 22 heavy (non-hydrogen) atoms. The van der Waals surface area contributed by atoms with Gasteiger partial charge in [0, 0.05) is 33.6 Å². The van der Waals surface area contributed by atoms with E-state index in [9.17, 15) is 4.39 Å². The maximum atomic E-state index is 13.3. The van der Waals surface area contributed by atoms with Crippen molar-refractivity contribution in [1.82, 2.24) is 9.71 Å². The van der Waals surface area contributed by atoms with Crippen molar-refractivity contribution in [3.63, 3.8) is 0 Å². The average Bonchev–Trinajstić information content (AvgIpc) is 3.15. The number of fused-ring (bicyclic) bond motifs is 2. The molecular weight excluding hydrogens is 295 g/mol. The molecule has 2 N–H and O–H groups in total. The molecule has 1 aromatic heterocycles. The fraction of sp³-hybridized carbons (Fsp3) is 0.222. The Morgan fingerprint density at radius 3 is 2.86 bits per heavy atom. The van der Waals surface area contributed by atoms with E-state index in [1.807, 2.05) is 12.3 Å². The van der Waals surface area contributed by atoms with Crippen molar-refractivity contribution in [3.8, 4) is 11.1 Å². The molecule has 1 atom stereocenters. The lowest BCUT2D eigenvalue weighted by molar-refractivity contribution is 0.600. The second-order valence-corrected chi connectivity index (χ2v) is 7.06. The largest absolute Gasteiger partial charge is 0.360 e. The van der Waals surface area contributed by atoms with Crippen LogP contribution in [0.1, 0.15) is 24.4 Å². The van der Waals surface area contributed by atoms with Gasteiger partial charge < -0.3 is 4.98 Å². The molecule has 3 aromatic rings. The number of halogens is 1. The number of rotatable bonds is 2. The van der Waals surface area contributed by atoms with E-state index >= 15 is 0 Å². The Morgan fingerprint density at radius 1 is 1.09 bits per heavy atom. The molecule has 0 amide bonds. The monoisotopic (exact) mass is 310 g/mol. The Hall–Kier alpha value is -1.78. The number of aromatic nitrogens is 1. The molecule has 2 aromatic carbocycles. The van der Waals surface area contributed by atoms with Gasteiger partial charge in [-0.25, -0.2) is 4.39 Å². The van der Waals surface area contributed by atoms with Crippen molar-refractivity contribution < 1.29 is 4.39 Å². The Bertz CT molecular complexity index is 882. The third-order valence-corrected chi connectivity index (χ3v) is 5.65. The van der Waals surface area contributed by atoms with Gasteiger partial charge in [-0.05, 0) is 72.2 Å². The molecule has 2 nitrogen and oxygen atoms in total. The highest BCUT2D eigenvalue weighted by Crippen LogP contribution is 2.49. The summed E-state index contributed by atoms with van der Waals surface area (Å²) in [6.45, 7) is 0. The zero-order valence-electron chi connectivity index (χ0n) is 11.9. The summed E-state index contributed by atoms with van der Waals surface area (Å²) >= 11 is 1.75.